The quantitative estimate of drug-likeness (QED) is 0.781. The number of nitrogens with zero attached hydrogens (tertiary/aromatic N) is 1. The molecule has 0 aromatic carbocycles. The molecule has 0 aromatic rings. The Morgan fingerprint density at radius 1 is 1.41 bits per heavy atom. The van der Waals surface area contributed by atoms with Gasteiger partial charge in [0.1, 0.15) is 18.3 Å². The van der Waals surface area contributed by atoms with Gasteiger partial charge in [0.2, 0.25) is 11.8 Å². The van der Waals surface area contributed by atoms with Gasteiger partial charge in [-0.25, -0.2) is 0 Å². The van der Waals surface area contributed by atoms with Crippen LogP contribution in [0.5, 0.6) is 0 Å². The third kappa shape index (κ3) is 2.16. The number of ether oxygens (including phenoxy) is 1. The van der Waals surface area contributed by atoms with E-state index in [9.17, 15) is 9.59 Å². The van der Waals surface area contributed by atoms with Crippen LogP contribution in [0, 0.1) is 5.92 Å². The van der Waals surface area contributed by atoms with Gasteiger partial charge in [-0.05, 0) is 25.2 Å². The first-order chi connectivity index (χ1) is 8.04. The van der Waals surface area contributed by atoms with E-state index in [1.807, 2.05) is 13.8 Å². The van der Waals surface area contributed by atoms with E-state index >= 15 is 0 Å². The number of rotatable bonds is 3. The van der Waals surface area contributed by atoms with Crippen LogP contribution >= 0.6 is 0 Å². The number of hydrogen-bond acceptors (Lipinski definition) is 3. The predicted molar refractivity (Wildman–Crippen MR) is 62.1 cm³/mol. The molecule has 2 aliphatic rings. The first-order valence-corrected chi connectivity index (χ1v) is 6.20. The summed E-state index contributed by atoms with van der Waals surface area (Å²) < 4.78 is 5.28. The second-order valence-electron chi connectivity index (χ2n) is 5.22. The molecule has 0 spiro atoms. The van der Waals surface area contributed by atoms with E-state index in [1.54, 1.807) is 12.0 Å². The Kier molecular flexibility index (Phi) is 3.38. The summed E-state index contributed by atoms with van der Waals surface area (Å²) in [6.45, 7) is 4.09. The molecule has 2 aliphatic heterocycles. The van der Waals surface area contributed by atoms with E-state index in [-0.39, 0.29) is 30.1 Å². The van der Waals surface area contributed by atoms with Gasteiger partial charge in [0, 0.05) is 7.11 Å². The van der Waals surface area contributed by atoms with Crippen LogP contribution in [0.2, 0.25) is 0 Å². The summed E-state index contributed by atoms with van der Waals surface area (Å²) in [7, 11) is 1.59. The molecular weight excluding hydrogens is 220 g/mol. The van der Waals surface area contributed by atoms with Gasteiger partial charge in [-0.15, -0.1) is 0 Å². The van der Waals surface area contributed by atoms with Crippen LogP contribution in [0.3, 0.4) is 0 Å². The molecule has 2 saturated heterocycles. The van der Waals surface area contributed by atoms with Crippen LogP contribution in [0.25, 0.3) is 0 Å². The molecule has 0 aliphatic carbocycles. The summed E-state index contributed by atoms with van der Waals surface area (Å²) in [6, 6.07) is -0.703. The van der Waals surface area contributed by atoms with Crippen molar-refractivity contribution in [2.45, 2.75) is 51.4 Å². The Morgan fingerprint density at radius 2 is 2.12 bits per heavy atom. The van der Waals surface area contributed by atoms with Gasteiger partial charge in [0.05, 0.1) is 0 Å². The van der Waals surface area contributed by atoms with Crippen molar-refractivity contribution in [1.82, 2.24) is 10.2 Å². The maximum atomic E-state index is 12.3. The lowest BCUT2D eigenvalue weighted by atomic mass is 9.99. The van der Waals surface area contributed by atoms with E-state index in [0.29, 0.717) is 18.8 Å². The van der Waals surface area contributed by atoms with Gasteiger partial charge in [0.15, 0.2) is 0 Å². The lowest BCUT2D eigenvalue weighted by molar-refractivity contribution is -0.157. The van der Waals surface area contributed by atoms with Crippen LogP contribution in [0.1, 0.15) is 33.1 Å². The van der Waals surface area contributed by atoms with Crippen LogP contribution in [0.15, 0.2) is 0 Å². The molecule has 1 N–H and O–H groups in total. The number of carbonyl (C=O) groups excluding carboxylic acids is 2. The highest BCUT2D eigenvalue weighted by molar-refractivity contribution is 5.97. The van der Waals surface area contributed by atoms with Crippen LogP contribution in [0.4, 0.5) is 0 Å². The molecule has 0 bridgehead atoms. The summed E-state index contributed by atoms with van der Waals surface area (Å²) in [5, 5.41) is 2.83. The van der Waals surface area contributed by atoms with E-state index in [0.717, 1.165) is 6.42 Å². The molecule has 96 valence electrons. The number of fused-ring (bicyclic) bond motifs is 1. The van der Waals surface area contributed by atoms with Gasteiger partial charge in [-0.2, -0.15) is 0 Å². The minimum absolute atomic E-state index is 0.00708. The molecule has 2 fully saturated rings. The SMILES string of the molecule is CO[C@@H]1CC[C@H]2C(=O)N[C@@H](CC(C)C)C(=O)N12. The van der Waals surface area contributed by atoms with Crippen molar-refractivity contribution in [3.8, 4) is 0 Å². The average Bonchev–Trinajstić information content (AvgIpc) is 2.69. The monoisotopic (exact) mass is 240 g/mol. The largest absolute Gasteiger partial charge is 0.362 e. The number of piperazine rings is 1. The predicted octanol–water partition coefficient (Wildman–Crippen LogP) is 0.494. The first kappa shape index (κ1) is 12.4. The molecule has 5 heteroatoms. The average molecular weight is 240 g/mol. The number of amides is 2. The van der Waals surface area contributed by atoms with Gasteiger partial charge in [-0.3, -0.25) is 9.59 Å². The third-order valence-corrected chi connectivity index (χ3v) is 3.48. The fourth-order valence-electron chi connectivity index (χ4n) is 2.70. The van der Waals surface area contributed by atoms with E-state index in [2.05, 4.69) is 5.32 Å². The van der Waals surface area contributed by atoms with Crippen molar-refractivity contribution in [2.24, 2.45) is 5.92 Å². The van der Waals surface area contributed by atoms with Gasteiger partial charge < -0.3 is 15.0 Å². The lowest BCUT2D eigenvalue weighted by Crippen LogP contribution is -2.63. The Morgan fingerprint density at radius 3 is 2.71 bits per heavy atom. The maximum absolute atomic E-state index is 12.3. The minimum atomic E-state index is -0.380. The molecular formula is C12H20N2O3. The van der Waals surface area contributed by atoms with E-state index in [4.69, 9.17) is 4.74 Å². The molecule has 0 saturated carbocycles. The molecule has 2 heterocycles. The Hall–Kier alpha value is -1.10. The van der Waals surface area contributed by atoms with Crippen molar-refractivity contribution in [3.05, 3.63) is 0 Å². The van der Waals surface area contributed by atoms with Gasteiger partial charge in [-0.1, -0.05) is 13.8 Å². The van der Waals surface area contributed by atoms with Crippen molar-refractivity contribution in [2.75, 3.05) is 7.11 Å². The Labute approximate surface area is 101 Å². The third-order valence-electron chi connectivity index (χ3n) is 3.48. The highest BCUT2D eigenvalue weighted by atomic mass is 16.5. The van der Waals surface area contributed by atoms with Crippen molar-refractivity contribution < 1.29 is 14.3 Å². The second kappa shape index (κ2) is 4.64. The minimum Gasteiger partial charge on any atom is -0.362 e. The van der Waals surface area contributed by atoms with Crippen molar-refractivity contribution in [1.29, 1.82) is 0 Å². The second-order valence-corrected chi connectivity index (χ2v) is 5.22. The Bertz CT molecular complexity index is 330. The maximum Gasteiger partial charge on any atom is 0.247 e. The number of hydrogen-bond donors (Lipinski definition) is 1. The zero-order chi connectivity index (χ0) is 12.6. The summed E-state index contributed by atoms with van der Waals surface area (Å²) in [5.41, 5.74) is 0. The topological polar surface area (TPSA) is 58.6 Å². The molecule has 5 nitrogen and oxygen atoms in total. The van der Waals surface area contributed by atoms with Gasteiger partial charge >= 0.3 is 0 Å². The molecule has 2 rings (SSSR count). The molecule has 0 aromatic heterocycles. The summed E-state index contributed by atoms with van der Waals surface area (Å²) in [4.78, 5) is 25.8. The molecule has 0 radical (unpaired) electrons. The highest BCUT2D eigenvalue weighted by Gasteiger charge is 2.47. The molecule has 17 heavy (non-hydrogen) atoms. The molecule has 3 atom stereocenters. The van der Waals surface area contributed by atoms with E-state index < -0.39 is 0 Å². The van der Waals surface area contributed by atoms with Crippen LogP contribution < -0.4 is 5.32 Å². The summed E-state index contributed by atoms with van der Waals surface area (Å²) >= 11 is 0. The number of methoxy groups -OCH3 is 1. The zero-order valence-electron chi connectivity index (χ0n) is 10.6. The summed E-state index contributed by atoms with van der Waals surface area (Å²) in [5.74, 6) is 0.354. The fraction of sp³-hybridized carbons (Fsp3) is 0.833. The lowest BCUT2D eigenvalue weighted by Gasteiger charge is -2.37. The summed E-state index contributed by atoms with van der Waals surface area (Å²) in [6.07, 6.45) is 1.90. The normalized spacial score (nSPS) is 32.9. The van der Waals surface area contributed by atoms with Crippen LogP contribution in [-0.2, 0) is 14.3 Å². The number of carbonyl (C=O) groups is 2. The molecule has 0 unspecified atom stereocenters. The van der Waals surface area contributed by atoms with Crippen LogP contribution in [-0.4, -0.2) is 42.1 Å². The smallest absolute Gasteiger partial charge is 0.247 e. The highest BCUT2D eigenvalue weighted by Crippen LogP contribution is 2.29. The standard InChI is InChI=1S/C12H20N2O3/c1-7(2)6-8-12(16)14-9(11(15)13-8)4-5-10(14)17-3/h7-10H,4-6H2,1-3H3,(H,13,15)/t8-,9-,10+/m0/s1. The van der Waals surface area contributed by atoms with Gasteiger partial charge in [0.25, 0.3) is 0 Å². The van der Waals surface area contributed by atoms with E-state index in [1.165, 1.54) is 0 Å². The van der Waals surface area contributed by atoms with Crippen molar-refractivity contribution in [3.63, 3.8) is 0 Å². The van der Waals surface area contributed by atoms with Crippen molar-refractivity contribution >= 4 is 11.8 Å². The Balaban J connectivity index is 2.16. The number of nitrogens with one attached hydrogen (secondary N) is 1. The zero-order valence-corrected chi connectivity index (χ0v) is 10.6. The fourth-order valence-corrected chi connectivity index (χ4v) is 2.70. The first-order valence-electron chi connectivity index (χ1n) is 6.20. The molecule has 2 amide bonds.